The van der Waals surface area contributed by atoms with E-state index in [0.717, 1.165) is 12.0 Å². The molecule has 0 aromatic heterocycles. The van der Waals surface area contributed by atoms with Gasteiger partial charge >= 0.3 is 5.97 Å². The van der Waals surface area contributed by atoms with Crippen molar-refractivity contribution in [3.8, 4) is 0 Å². The smallest absolute Gasteiger partial charge is 0.339 e. The lowest BCUT2D eigenvalue weighted by atomic mass is 10.0. The van der Waals surface area contributed by atoms with Crippen molar-refractivity contribution in [3.05, 3.63) is 34.3 Å². The van der Waals surface area contributed by atoms with Crippen LogP contribution in [0.15, 0.2) is 18.2 Å². The number of halogens is 1. The Labute approximate surface area is 100.0 Å². The van der Waals surface area contributed by atoms with E-state index in [1.54, 1.807) is 25.1 Å². The fourth-order valence-corrected chi connectivity index (χ4v) is 1.67. The van der Waals surface area contributed by atoms with Crippen molar-refractivity contribution < 1.29 is 14.6 Å². The zero-order valence-corrected chi connectivity index (χ0v) is 10.1. The Kier molecular flexibility index (Phi) is 4.77. The van der Waals surface area contributed by atoms with Crippen molar-refractivity contribution in [3.63, 3.8) is 0 Å². The molecule has 0 bridgehead atoms. The fraction of sp³-hybridized carbons (Fsp3) is 0.417. The van der Waals surface area contributed by atoms with Gasteiger partial charge in [-0.05, 0) is 36.6 Å². The summed E-state index contributed by atoms with van der Waals surface area (Å²) in [4.78, 5) is 11.4. The molecule has 0 saturated heterocycles. The average molecular weight is 243 g/mol. The van der Waals surface area contributed by atoms with Gasteiger partial charge in [0.05, 0.1) is 6.61 Å². The number of aliphatic hydroxyl groups excluding tert-OH is 1. The van der Waals surface area contributed by atoms with Crippen molar-refractivity contribution >= 4 is 17.6 Å². The first-order valence-corrected chi connectivity index (χ1v) is 5.61. The molecule has 0 aliphatic heterocycles. The molecule has 0 aliphatic carbocycles. The number of esters is 1. The zero-order valence-electron chi connectivity index (χ0n) is 9.37. The number of rotatable bonds is 4. The summed E-state index contributed by atoms with van der Waals surface area (Å²) >= 11 is 5.84. The molecule has 0 amide bonds. The van der Waals surface area contributed by atoms with Crippen molar-refractivity contribution in [1.82, 2.24) is 0 Å². The number of aryl methyl sites for hydroxylation is 1. The molecule has 0 saturated carbocycles. The lowest BCUT2D eigenvalue weighted by Crippen LogP contribution is -2.16. The van der Waals surface area contributed by atoms with Gasteiger partial charge in [-0.3, -0.25) is 0 Å². The number of carbonyl (C=O) groups excluding carboxylic acids is 1. The van der Waals surface area contributed by atoms with E-state index in [-0.39, 0.29) is 6.61 Å². The number of hydrogen-bond donors (Lipinski definition) is 1. The quantitative estimate of drug-likeness (QED) is 0.826. The first-order valence-electron chi connectivity index (χ1n) is 5.23. The number of carbonyl (C=O) groups is 1. The maximum Gasteiger partial charge on any atom is 0.339 e. The molecule has 0 heterocycles. The van der Waals surface area contributed by atoms with Crippen molar-refractivity contribution in [2.45, 2.75) is 26.4 Å². The molecule has 16 heavy (non-hydrogen) atoms. The highest BCUT2D eigenvalue weighted by Crippen LogP contribution is 2.23. The molecule has 0 radical (unpaired) electrons. The average Bonchev–Trinajstić information content (AvgIpc) is 2.28. The van der Waals surface area contributed by atoms with Crippen LogP contribution in [0.25, 0.3) is 0 Å². The van der Waals surface area contributed by atoms with Crippen LogP contribution in [-0.2, 0) is 16.0 Å². The molecule has 1 aromatic rings. The Balaban J connectivity index is 3.01. The van der Waals surface area contributed by atoms with E-state index in [0.29, 0.717) is 10.6 Å². The summed E-state index contributed by atoms with van der Waals surface area (Å²) in [6.07, 6.45) is -0.531. The van der Waals surface area contributed by atoms with Gasteiger partial charge in [0.25, 0.3) is 0 Å². The molecule has 0 spiro atoms. The van der Waals surface area contributed by atoms with Gasteiger partial charge in [0, 0.05) is 5.02 Å². The Morgan fingerprint density at radius 1 is 1.50 bits per heavy atom. The van der Waals surface area contributed by atoms with Gasteiger partial charge in [0.2, 0.25) is 0 Å². The third-order valence-corrected chi connectivity index (χ3v) is 2.53. The lowest BCUT2D eigenvalue weighted by Gasteiger charge is -2.14. The number of benzene rings is 1. The van der Waals surface area contributed by atoms with Crippen LogP contribution in [0.3, 0.4) is 0 Å². The molecule has 0 fully saturated rings. The minimum absolute atomic E-state index is 0.248. The minimum Gasteiger partial charge on any atom is -0.464 e. The maximum absolute atomic E-state index is 11.4. The van der Waals surface area contributed by atoms with Gasteiger partial charge < -0.3 is 9.84 Å². The Hall–Kier alpha value is -1.06. The highest BCUT2D eigenvalue weighted by atomic mass is 35.5. The second-order valence-electron chi connectivity index (χ2n) is 3.35. The van der Waals surface area contributed by atoms with Gasteiger partial charge in [-0.2, -0.15) is 0 Å². The largest absolute Gasteiger partial charge is 0.464 e. The van der Waals surface area contributed by atoms with E-state index >= 15 is 0 Å². The van der Waals surface area contributed by atoms with Gasteiger partial charge in [-0.1, -0.05) is 24.6 Å². The van der Waals surface area contributed by atoms with Crippen LogP contribution in [0, 0.1) is 0 Å². The topological polar surface area (TPSA) is 46.5 Å². The van der Waals surface area contributed by atoms with Crippen LogP contribution in [0.4, 0.5) is 0 Å². The minimum atomic E-state index is -1.26. The Morgan fingerprint density at radius 3 is 2.75 bits per heavy atom. The molecule has 1 aromatic carbocycles. The second-order valence-corrected chi connectivity index (χ2v) is 3.79. The fourth-order valence-electron chi connectivity index (χ4n) is 1.49. The summed E-state index contributed by atoms with van der Waals surface area (Å²) in [5.74, 6) is -0.639. The van der Waals surface area contributed by atoms with Gasteiger partial charge in [-0.15, -0.1) is 0 Å². The zero-order chi connectivity index (χ0) is 12.1. The Morgan fingerprint density at radius 2 is 2.19 bits per heavy atom. The number of hydrogen-bond acceptors (Lipinski definition) is 3. The summed E-state index contributed by atoms with van der Waals surface area (Å²) in [6.45, 7) is 3.89. The third-order valence-electron chi connectivity index (χ3n) is 2.29. The summed E-state index contributed by atoms with van der Waals surface area (Å²) < 4.78 is 4.77. The normalized spacial score (nSPS) is 12.2. The van der Waals surface area contributed by atoms with Gasteiger partial charge in [0.1, 0.15) is 0 Å². The van der Waals surface area contributed by atoms with Crippen LogP contribution in [0.2, 0.25) is 5.02 Å². The van der Waals surface area contributed by atoms with Gasteiger partial charge in [0.15, 0.2) is 6.10 Å². The molecule has 4 heteroatoms. The van der Waals surface area contributed by atoms with Crippen LogP contribution >= 0.6 is 11.6 Å². The van der Waals surface area contributed by atoms with E-state index in [1.165, 1.54) is 0 Å². The second kappa shape index (κ2) is 5.87. The first-order chi connectivity index (χ1) is 7.60. The molecule has 1 rings (SSSR count). The van der Waals surface area contributed by atoms with Crippen molar-refractivity contribution in [1.29, 1.82) is 0 Å². The summed E-state index contributed by atoms with van der Waals surface area (Å²) in [5, 5.41) is 10.3. The molecule has 3 nitrogen and oxygen atoms in total. The SMILES string of the molecule is CCOC(=O)C(O)c1cc(Cl)ccc1CC. The predicted molar refractivity (Wildman–Crippen MR) is 62.4 cm³/mol. The summed E-state index contributed by atoms with van der Waals surface area (Å²) in [5.41, 5.74) is 1.42. The molecule has 0 aliphatic rings. The number of aliphatic hydroxyl groups is 1. The van der Waals surface area contributed by atoms with E-state index in [4.69, 9.17) is 16.3 Å². The molecular weight excluding hydrogens is 228 g/mol. The third kappa shape index (κ3) is 2.97. The lowest BCUT2D eigenvalue weighted by molar-refractivity contribution is -0.153. The van der Waals surface area contributed by atoms with E-state index in [2.05, 4.69) is 0 Å². The van der Waals surface area contributed by atoms with Crippen molar-refractivity contribution in [2.75, 3.05) is 6.61 Å². The van der Waals surface area contributed by atoms with Crippen molar-refractivity contribution in [2.24, 2.45) is 0 Å². The highest BCUT2D eigenvalue weighted by Gasteiger charge is 2.21. The predicted octanol–water partition coefficient (Wildman–Crippen LogP) is 2.50. The summed E-state index contributed by atoms with van der Waals surface area (Å²) in [7, 11) is 0. The molecule has 1 atom stereocenters. The summed E-state index contributed by atoms with van der Waals surface area (Å²) in [6, 6.07) is 5.14. The standard InChI is InChI=1S/C12H15ClO3/c1-3-8-5-6-9(13)7-10(8)11(14)12(15)16-4-2/h5-7,11,14H,3-4H2,1-2H3. The van der Waals surface area contributed by atoms with Crippen LogP contribution in [0.5, 0.6) is 0 Å². The molecule has 1 N–H and O–H groups in total. The van der Waals surface area contributed by atoms with Crippen LogP contribution in [0.1, 0.15) is 31.1 Å². The maximum atomic E-state index is 11.4. The number of ether oxygens (including phenoxy) is 1. The van der Waals surface area contributed by atoms with Gasteiger partial charge in [-0.25, -0.2) is 4.79 Å². The molecule has 1 unspecified atom stereocenters. The first kappa shape index (κ1) is 13.0. The van der Waals surface area contributed by atoms with E-state index in [9.17, 15) is 9.90 Å². The molecular formula is C12H15ClO3. The van der Waals surface area contributed by atoms with Crippen LogP contribution < -0.4 is 0 Å². The van der Waals surface area contributed by atoms with E-state index < -0.39 is 12.1 Å². The molecule has 88 valence electrons. The highest BCUT2D eigenvalue weighted by molar-refractivity contribution is 6.30. The van der Waals surface area contributed by atoms with Crippen LogP contribution in [-0.4, -0.2) is 17.7 Å². The van der Waals surface area contributed by atoms with E-state index in [1.807, 2.05) is 6.92 Å². The Bertz CT molecular complexity index is 377. The monoisotopic (exact) mass is 242 g/mol.